The third-order valence-corrected chi connectivity index (χ3v) is 2.13. The molecular weight excluding hydrogens is 222 g/mol. The molecule has 0 bridgehead atoms. The Labute approximate surface area is 103 Å². The summed E-state index contributed by atoms with van der Waals surface area (Å²) < 4.78 is 9.47. The predicted molar refractivity (Wildman–Crippen MR) is 63.9 cm³/mol. The van der Waals surface area contributed by atoms with Crippen molar-refractivity contribution in [3.05, 3.63) is 0 Å². The van der Waals surface area contributed by atoms with Crippen molar-refractivity contribution in [1.82, 2.24) is 5.32 Å². The second kappa shape index (κ2) is 11.2. The highest BCUT2D eigenvalue weighted by molar-refractivity contribution is 5.86. The van der Waals surface area contributed by atoms with E-state index in [0.29, 0.717) is 13.2 Å². The third kappa shape index (κ3) is 11.0. The fraction of sp³-hybridized carbons (Fsp3) is 0.833. The average molecular weight is 244 g/mol. The number of nitrogens with zero attached hydrogens (tertiary/aromatic N) is 1. The number of carbonyl (C=O) groups excluding carboxylic acids is 2. The van der Waals surface area contributed by atoms with Gasteiger partial charge in [0, 0.05) is 0 Å². The molecule has 0 aliphatic rings. The summed E-state index contributed by atoms with van der Waals surface area (Å²) in [6.45, 7) is 4.72. The van der Waals surface area contributed by atoms with Gasteiger partial charge in [-0.3, -0.25) is 0 Å². The van der Waals surface area contributed by atoms with E-state index in [0.717, 1.165) is 38.5 Å². The maximum atomic E-state index is 11.0. The van der Waals surface area contributed by atoms with Gasteiger partial charge in [-0.2, -0.15) is 0 Å². The van der Waals surface area contributed by atoms with Crippen LogP contribution in [0.3, 0.4) is 0 Å². The summed E-state index contributed by atoms with van der Waals surface area (Å²) in [7, 11) is 0. The Bertz CT molecular complexity index is 197. The maximum Gasteiger partial charge on any atom is 0.439 e. The van der Waals surface area contributed by atoms with Crippen LogP contribution in [0.25, 0.3) is 0 Å². The Morgan fingerprint density at radius 1 is 0.824 bits per heavy atom. The number of rotatable bonds is 8. The molecule has 0 saturated heterocycles. The van der Waals surface area contributed by atoms with Crippen LogP contribution in [0.4, 0.5) is 9.59 Å². The first-order chi connectivity index (χ1) is 8.20. The lowest BCUT2D eigenvalue weighted by Gasteiger charge is -2.04. The van der Waals surface area contributed by atoms with Gasteiger partial charge in [-0.1, -0.05) is 44.8 Å². The van der Waals surface area contributed by atoms with Crippen LogP contribution in [0.1, 0.15) is 52.4 Å². The van der Waals surface area contributed by atoms with E-state index in [1.54, 1.807) is 0 Å². The molecule has 99 valence electrons. The van der Waals surface area contributed by atoms with Gasteiger partial charge in [-0.15, -0.1) is 0 Å². The summed E-state index contributed by atoms with van der Waals surface area (Å²) in [6, 6.07) is 0. The highest BCUT2D eigenvalue weighted by Gasteiger charge is 2.12. The molecule has 1 radical (unpaired) electrons. The largest absolute Gasteiger partial charge is 0.448 e. The third-order valence-electron chi connectivity index (χ3n) is 2.13. The van der Waals surface area contributed by atoms with Gasteiger partial charge in [0.2, 0.25) is 0 Å². The molecule has 5 nitrogen and oxygen atoms in total. The summed E-state index contributed by atoms with van der Waals surface area (Å²) in [4.78, 5) is 22.0. The normalized spacial score (nSPS) is 9.76. The van der Waals surface area contributed by atoms with E-state index in [-0.39, 0.29) is 0 Å². The predicted octanol–water partition coefficient (Wildman–Crippen LogP) is 3.24. The second-order valence-corrected chi connectivity index (χ2v) is 3.75. The molecule has 17 heavy (non-hydrogen) atoms. The Morgan fingerprint density at radius 2 is 1.24 bits per heavy atom. The van der Waals surface area contributed by atoms with Gasteiger partial charge in [0.05, 0.1) is 13.2 Å². The highest BCUT2D eigenvalue weighted by atomic mass is 16.6. The van der Waals surface area contributed by atoms with Gasteiger partial charge in [0.15, 0.2) is 0 Å². The molecule has 0 heterocycles. The Kier molecular flexibility index (Phi) is 10.4. The SMILES string of the molecule is CCCCCOC(=O)[N]C(=O)OCCCCC. The molecule has 2 amide bonds. The molecule has 0 fully saturated rings. The number of imide groups is 1. The van der Waals surface area contributed by atoms with Crippen molar-refractivity contribution in [2.75, 3.05) is 13.2 Å². The molecule has 0 unspecified atom stereocenters. The monoisotopic (exact) mass is 244 g/mol. The lowest BCUT2D eigenvalue weighted by Crippen LogP contribution is -2.25. The second-order valence-electron chi connectivity index (χ2n) is 3.75. The quantitative estimate of drug-likeness (QED) is 0.615. The lowest BCUT2D eigenvalue weighted by molar-refractivity contribution is 0.121. The Balaban J connectivity index is 3.42. The zero-order chi connectivity index (χ0) is 12.9. The number of carbonyl (C=O) groups is 2. The van der Waals surface area contributed by atoms with E-state index in [4.69, 9.17) is 9.47 Å². The van der Waals surface area contributed by atoms with E-state index >= 15 is 0 Å². The van der Waals surface area contributed by atoms with Crippen LogP contribution in [0.2, 0.25) is 0 Å². The summed E-state index contributed by atoms with van der Waals surface area (Å²) in [5, 5.41) is 3.15. The first-order valence-electron chi connectivity index (χ1n) is 6.26. The van der Waals surface area contributed by atoms with Gasteiger partial charge in [0.25, 0.3) is 0 Å². The summed E-state index contributed by atoms with van der Waals surface area (Å²) >= 11 is 0. The first kappa shape index (κ1) is 15.7. The highest BCUT2D eigenvalue weighted by Crippen LogP contribution is 1.96. The fourth-order valence-corrected chi connectivity index (χ4v) is 1.16. The molecule has 0 aromatic rings. The summed E-state index contributed by atoms with van der Waals surface area (Å²) in [6.07, 6.45) is 3.96. The van der Waals surface area contributed by atoms with Crippen LogP contribution in [0, 0.1) is 0 Å². The van der Waals surface area contributed by atoms with Crippen molar-refractivity contribution in [1.29, 1.82) is 0 Å². The molecule has 0 aliphatic heterocycles. The zero-order valence-corrected chi connectivity index (χ0v) is 10.7. The molecule has 0 aromatic heterocycles. The molecule has 0 N–H and O–H groups in total. The van der Waals surface area contributed by atoms with Gasteiger partial charge in [0.1, 0.15) is 0 Å². The molecule has 5 heteroatoms. The first-order valence-corrected chi connectivity index (χ1v) is 6.26. The minimum Gasteiger partial charge on any atom is -0.448 e. The van der Waals surface area contributed by atoms with Crippen molar-refractivity contribution < 1.29 is 19.1 Å². The molecule has 0 saturated carbocycles. The fourth-order valence-electron chi connectivity index (χ4n) is 1.16. The molecular formula is C12H22NO4. The van der Waals surface area contributed by atoms with E-state index in [1.807, 2.05) is 0 Å². The maximum absolute atomic E-state index is 11.0. The molecule has 0 aromatic carbocycles. The lowest BCUT2D eigenvalue weighted by atomic mass is 10.3. The van der Waals surface area contributed by atoms with Crippen LogP contribution >= 0.6 is 0 Å². The summed E-state index contributed by atoms with van der Waals surface area (Å²) in [5.41, 5.74) is 0. The standard InChI is InChI=1S/C12H22NO4/c1-3-5-7-9-16-11(14)13-12(15)17-10-8-6-4-2/h3-10H2,1-2H3. The smallest absolute Gasteiger partial charge is 0.439 e. The van der Waals surface area contributed by atoms with Crippen LogP contribution in [0.5, 0.6) is 0 Å². The van der Waals surface area contributed by atoms with Crippen molar-refractivity contribution in [2.45, 2.75) is 52.4 Å². The molecule has 0 rings (SSSR count). The van der Waals surface area contributed by atoms with Crippen LogP contribution < -0.4 is 5.32 Å². The molecule has 0 atom stereocenters. The van der Waals surface area contributed by atoms with E-state index in [1.165, 1.54) is 0 Å². The van der Waals surface area contributed by atoms with Gasteiger partial charge < -0.3 is 9.47 Å². The van der Waals surface area contributed by atoms with E-state index in [2.05, 4.69) is 19.2 Å². The van der Waals surface area contributed by atoms with Crippen LogP contribution in [-0.4, -0.2) is 25.4 Å². The van der Waals surface area contributed by atoms with Crippen LogP contribution in [0.15, 0.2) is 0 Å². The van der Waals surface area contributed by atoms with E-state index < -0.39 is 12.2 Å². The summed E-state index contributed by atoms with van der Waals surface area (Å²) in [5.74, 6) is 0. The molecule has 0 spiro atoms. The van der Waals surface area contributed by atoms with Crippen molar-refractivity contribution in [3.63, 3.8) is 0 Å². The van der Waals surface area contributed by atoms with E-state index in [9.17, 15) is 9.59 Å². The van der Waals surface area contributed by atoms with Crippen molar-refractivity contribution >= 4 is 12.2 Å². The zero-order valence-electron chi connectivity index (χ0n) is 10.7. The average Bonchev–Trinajstić information content (AvgIpc) is 2.30. The number of amides is 2. The number of ether oxygens (including phenoxy) is 2. The van der Waals surface area contributed by atoms with Crippen molar-refractivity contribution in [2.24, 2.45) is 0 Å². The number of hydrogen-bond acceptors (Lipinski definition) is 4. The Morgan fingerprint density at radius 3 is 1.59 bits per heavy atom. The van der Waals surface area contributed by atoms with Gasteiger partial charge >= 0.3 is 12.2 Å². The minimum atomic E-state index is -0.860. The number of unbranched alkanes of at least 4 members (excludes halogenated alkanes) is 4. The Hall–Kier alpha value is -1.26. The van der Waals surface area contributed by atoms with Gasteiger partial charge in [-0.25, -0.2) is 9.59 Å². The number of hydrogen-bond donors (Lipinski definition) is 0. The van der Waals surface area contributed by atoms with Crippen LogP contribution in [-0.2, 0) is 9.47 Å². The van der Waals surface area contributed by atoms with Gasteiger partial charge in [-0.05, 0) is 12.8 Å². The molecule has 0 aliphatic carbocycles. The topological polar surface area (TPSA) is 66.7 Å². The van der Waals surface area contributed by atoms with Crippen molar-refractivity contribution in [3.8, 4) is 0 Å². The minimum absolute atomic E-state index is 0.305.